The first-order valence-corrected chi connectivity index (χ1v) is 3.21. The first-order chi connectivity index (χ1) is 3.93. The quantitative estimate of drug-likeness (QED) is 0.446. The largest absolute Gasteiger partial charge is 0.298 e. The van der Waals surface area contributed by atoms with Gasteiger partial charge in [0.1, 0.15) is 6.03 Å². The van der Waals surface area contributed by atoms with E-state index >= 15 is 0 Å². The van der Waals surface area contributed by atoms with Crippen molar-refractivity contribution in [3.8, 4) is 0 Å². The third-order valence-electron chi connectivity index (χ3n) is 0.715. The molecule has 1 N–H and O–H groups in total. The number of hydrogen-bond acceptors (Lipinski definition) is 2. The van der Waals surface area contributed by atoms with Crippen LogP contribution in [0, 0.1) is 0 Å². The molecule has 0 aromatic carbocycles. The zero-order valence-corrected chi connectivity index (χ0v) is 5.09. The predicted octanol–water partition coefficient (Wildman–Crippen LogP) is -0.0963. The third-order valence-corrected chi connectivity index (χ3v) is 1.42. The molecule has 1 heterocycles. The lowest BCUT2D eigenvalue weighted by Gasteiger charge is -1.79. The number of H-pyrrole nitrogens is 1. The zero-order chi connectivity index (χ0) is 5.82. The maximum atomic E-state index is 9.84. The summed E-state index contributed by atoms with van der Waals surface area (Å²) in [4.78, 5) is 9.84. The first-order valence-electron chi connectivity index (χ1n) is 2.13. The number of nitrogens with zero attached hydrogens (tertiary/aromatic N) is 1. The normalized spacial score (nSPS) is 10.5. The summed E-state index contributed by atoms with van der Waals surface area (Å²) >= 11 is 0. The molecule has 4 heteroatoms. The van der Waals surface area contributed by atoms with Crippen LogP contribution in [0.25, 0.3) is 0 Å². The van der Waals surface area contributed by atoms with E-state index in [0.717, 1.165) is 11.5 Å². The van der Waals surface area contributed by atoms with Crippen molar-refractivity contribution in [1.29, 1.82) is 0 Å². The SMILES string of the molecule is O=CPc1ccn[nH]1. The predicted molar refractivity (Wildman–Crippen MR) is 33.3 cm³/mol. The molecule has 1 unspecified atom stereocenters. The van der Waals surface area contributed by atoms with Gasteiger partial charge in [0.2, 0.25) is 0 Å². The molecule has 0 bridgehead atoms. The van der Waals surface area contributed by atoms with Crippen molar-refractivity contribution in [3.05, 3.63) is 12.3 Å². The van der Waals surface area contributed by atoms with Gasteiger partial charge in [0.05, 0.1) is 5.44 Å². The topological polar surface area (TPSA) is 45.8 Å². The molecule has 0 radical (unpaired) electrons. The highest BCUT2D eigenvalue weighted by atomic mass is 31.1. The monoisotopic (exact) mass is 128 g/mol. The molecule has 0 spiro atoms. The van der Waals surface area contributed by atoms with E-state index in [9.17, 15) is 4.79 Å². The molecule has 0 aliphatic rings. The van der Waals surface area contributed by atoms with Crippen molar-refractivity contribution in [2.75, 3.05) is 0 Å². The first kappa shape index (κ1) is 5.45. The lowest BCUT2D eigenvalue weighted by atomic mass is 10.8. The van der Waals surface area contributed by atoms with Gasteiger partial charge in [-0.1, -0.05) is 0 Å². The molecule has 8 heavy (non-hydrogen) atoms. The Kier molecular flexibility index (Phi) is 1.75. The molecule has 1 aromatic rings. The van der Waals surface area contributed by atoms with Gasteiger partial charge in [-0.2, -0.15) is 5.10 Å². The minimum Gasteiger partial charge on any atom is -0.298 e. The Morgan fingerprint density at radius 2 is 2.75 bits per heavy atom. The van der Waals surface area contributed by atoms with E-state index in [1.54, 1.807) is 12.3 Å². The van der Waals surface area contributed by atoms with Gasteiger partial charge in [0, 0.05) is 6.20 Å². The summed E-state index contributed by atoms with van der Waals surface area (Å²) in [6.07, 6.45) is 1.63. The molecule has 3 nitrogen and oxygen atoms in total. The van der Waals surface area contributed by atoms with Crippen LogP contribution in [-0.2, 0) is 4.79 Å². The van der Waals surface area contributed by atoms with Gasteiger partial charge in [-0.25, -0.2) is 0 Å². The molecule has 0 saturated heterocycles. The molecule has 0 aliphatic carbocycles. The summed E-state index contributed by atoms with van der Waals surface area (Å²) in [7, 11) is 0.213. The maximum Gasteiger partial charge on any atom is 0.144 e. The number of nitrogens with one attached hydrogen (secondary N) is 1. The highest BCUT2D eigenvalue weighted by Crippen LogP contribution is 1.98. The second-order valence-corrected chi connectivity index (χ2v) is 2.30. The summed E-state index contributed by atoms with van der Waals surface area (Å²) in [6.45, 7) is 0. The van der Waals surface area contributed by atoms with E-state index in [2.05, 4.69) is 10.2 Å². The fourth-order valence-electron chi connectivity index (χ4n) is 0.400. The van der Waals surface area contributed by atoms with Crippen molar-refractivity contribution < 1.29 is 4.79 Å². The Labute approximate surface area is 48.3 Å². The number of aromatic amines is 1. The third kappa shape index (κ3) is 1.14. The Morgan fingerprint density at radius 3 is 3.25 bits per heavy atom. The van der Waals surface area contributed by atoms with Gasteiger partial charge in [-0.3, -0.25) is 9.89 Å². The number of carbonyl (C=O) groups is 1. The van der Waals surface area contributed by atoms with Crippen molar-refractivity contribution >= 4 is 20.0 Å². The molecule has 0 saturated carbocycles. The Balaban J connectivity index is 2.62. The summed E-state index contributed by atoms with van der Waals surface area (Å²) in [6, 6.07) is 2.65. The van der Waals surface area contributed by atoms with E-state index in [0.29, 0.717) is 0 Å². The van der Waals surface area contributed by atoms with E-state index in [1.165, 1.54) is 0 Å². The van der Waals surface area contributed by atoms with Crippen molar-refractivity contribution in [1.82, 2.24) is 10.2 Å². The molecule has 1 rings (SSSR count). The average Bonchev–Trinajstić information content (AvgIpc) is 2.19. The number of aromatic nitrogens is 2. The van der Waals surface area contributed by atoms with E-state index < -0.39 is 0 Å². The van der Waals surface area contributed by atoms with Crippen LogP contribution in [0.15, 0.2) is 12.3 Å². The van der Waals surface area contributed by atoms with E-state index in [1.807, 2.05) is 0 Å². The average molecular weight is 128 g/mol. The van der Waals surface area contributed by atoms with Crippen LogP contribution in [0.5, 0.6) is 0 Å². The number of hydrogen-bond donors (Lipinski definition) is 1. The summed E-state index contributed by atoms with van der Waals surface area (Å²) in [5.41, 5.74) is 0.889. The van der Waals surface area contributed by atoms with Crippen molar-refractivity contribution in [2.45, 2.75) is 0 Å². The Bertz CT molecular complexity index is 161. The van der Waals surface area contributed by atoms with Crippen LogP contribution in [-0.4, -0.2) is 16.2 Å². The van der Waals surface area contributed by atoms with Gasteiger partial charge in [-0.15, -0.1) is 0 Å². The molecule has 42 valence electrons. The van der Waals surface area contributed by atoms with E-state index in [-0.39, 0.29) is 8.58 Å². The van der Waals surface area contributed by atoms with Crippen LogP contribution < -0.4 is 5.44 Å². The van der Waals surface area contributed by atoms with Crippen LogP contribution >= 0.6 is 8.58 Å². The van der Waals surface area contributed by atoms with Gasteiger partial charge in [0.15, 0.2) is 0 Å². The smallest absolute Gasteiger partial charge is 0.144 e. The van der Waals surface area contributed by atoms with Crippen LogP contribution in [0.1, 0.15) is 0 Å². The second kappa shape index (κ2) is 2.58. The lowest BCUT2D eigenvalue weighted by molar-refractivity contribution is 0.569. The summed E-state index contributed by atoms with van der Waals surface area (Å²) < 4.78 is 0. The summed E-state index contributed by atoms with van der Waals surface area (Å²) in [5.74, 6) is 0. The van der Waals surface area contributed by atoms with Gasteiger partial charge in [0.25, 0.3) is 0 Å². The molecule has 1 atom stereocenters. The summed E-state index contributed by atoms with van der Waals surface area (Å²) in [5, 5.41) is 6.33. The number of rotatable bonds is 2. The fraction of sp³-hybridized carbons (Fsp3) is 0. The zero-order valence-electron chi connectivity index (χ0n) is 4.09. The van der Waals surface area contributed by atoms with Crippen molar-refractivity contribution in [2.24, 2.45) is 0 Å². The molecular formula is C4H5N2OP. The van der Waals surface area contributed by atoms with Gasteiger partial charge >= 0.3 is 0 Å². The molecule has 0 amide bonds. The Morgan fingerprint density at radius 1 is 1.88 bits per heavy atom. The van der Waals surface area contributed by atoms with E-state index in [4.69, 9.17) is 0 Å². The maximum absolute atomic E-state index is 9.84. The van der Waals surface area contributed by atoms with Crippen LogP contribution in [0.2, 0.25) is 0 Å². The molecule has 0 aliphatic heterocycles. The minimum atomic E-state index is 0.213. The van der Waals surface area contributed by atoms with Crippen LogP contribution in [0.4, 0.5) is 0 Å². The highest BCUT2D eigenvalue weighted by molar-refractivity contribution is 7.62. The molecule has 0 fully saturated rings. The molecular weight excluding hydrogens is 123 g/mol. The minimum absolute atomic E-state index is 0.213. The van der Waals surface area contributed by atoms with Crippen LogP contribution in [0.3, 0.4) is 0 Å². The fourth-order valence-corrected chi connectivity index (χ4v) is 0.827. The van der Waals surface area contributed by atoms with Crippen molar-refractivity contribution in [3.63, 3.8) is 0 Å². The number of carbonyl (C=O) groups excluding carboxylic acids is 1. The Hall–Kier alpha value is -0.690. The van der Waals surface area contributed by atoms with Gasteiger partial charge < -0.3 is 0 Å². The second-order valence-electron chi connectivity index (χ2n) is 1.23. The van der Waals surface area contributed by atoms with Gasteiger partial charge in [-0.05, 0) is 14.6 Å². The molecule has 1 aromatic heterocycles. The lowest BCUT2D eigenvalue weighted by Crippen LogP contribution is -1.92. The standard InChI is InChI=1S/C4H5N2OP/c7-3-8-4-1-2-5-6-4/h1-3,8H,(H,5,6). The highest BCUT2D eigenvalue weighted by Gasteiger charge is 1.86.